The van der Waals surface area contributed by atoms with Crippen LogP contribution in [0.3, 0.4) is 0 Å². The Morgan fingerprint density at radius 2 is 2.05 bits per heavy atom. The zero-order valence-electron chi connectivity index (χ0n) is 13.7. The molecule has 2 rings (SSSR count). The van der Waals surface area contributed by atoms with Crippen LogP contribution in [0.5, 0.6) is 0 Å². The monoisotopic (exact) mass is 286 g/mol. The first-order valence-electron chi connectivity index (χ1n) is 8.44. The van der Waals surface area contributed by atoms with E-state index in [1.54, 1.807) is 0 Å². The van der Waals surface area contributed by atoms with E-state index in [0.717, 1.165) is 25.6 Å². The van der Waals surface area contributed by atoms with E-state index < -0.39 is 0 Å². The molecule has 0 aromatic heterocycles. The molecule has 0 aliphatic heterocycles. The molecule has 21 heavy (non-hydrogen) atoms. The number of nitrogens with zero attached hydrogens (tertiary/aromatic N) is 1. The molecule has 0 bridgehead atoms. The molecule has 116 valence electrons. The van der Waals surface area contributed by atoms with Crippen LogP contribution in [0, 0.1) is 0 Å². The van der Waals surface area contributed by atoms with E-state index >= 15 is 0 Å². The maximum Gasteiger partial charge on any atom is 0.0367 e. The van der Waals surface area contributed by atoms with Crippen molar-refractivity contribution in [2.75, 3.05) is 25.0 Å². The van der Waals surface area contributed by atoms with Crippen LogP contribution < -0.4 is 10.2 Å². The van der Waals surface area contributed by atoms with Crippen LogP contribution in [0.25, 0.3) is 6.08 Å². The Balaban J connectivity index is 1.84. The summed E-state index contributed by atoms with van der Waals surface area (Å²) in [6, 6.07) is 7.45. The van der Waals surface area contributed by atoms with Crippen molar-refractivity contribution in [3.05, 3.63) is 35.9 Å². The lowest BCUT2D eigenvalue weighted by Crippen LogP contribution is -2.37. The lowest BCUT2D eigenvalue weighted by Gasteiger charge is -2.25. The van der Waals surface area contributed by atoms with Gasteiger partial charge in [0.2, 0.25) is 0 Å². The molecule has 0 unspecified atom stereocenters. The maximum absolute atomic E-state index is 3.89. The molecule has 1 saturated carbocycles. The smallest absolute Gasteiger partial charge is 0.0367 e. The predicted molar refractivity (Wildman–Crippen MR) is 94.1 cm³/mol. The van der Waals surface area contributed by atoms with Crippen molar-refractivity contribution in [2.45, 2.75) is 51.5 Å². The van der Waals surface area contributed by atoms with Crippen LogP contribution in [0.4, 0.5) is 5.69 Å². The quantitative estimate of drug-likeness (QED) is 0.806. The summed E-state index contributed by atoms with van der Waals surface area (Å²) in [6.45, 7) is 8.23. The minimum absolute atomic E-state index is 0.751. The van der Waals surface area contributed by atoms with Crippen LogP contribution in [-0.2, 0) is 6.42 Å². The van der Waals surface area contributed by atoms with Gasteiger partial charge in [0.15, 0.2) is 0 Å². The van der Waals surface area contributed by atoms with E-state index in [1.165, 1.54) is 48.9 Å². The van der Waals surface area contributed by atoms with Crippen molar-refractivity contribution in [1.29, 1.82) is 0 Å². The zero-order valence-corrected chi connectivity index (χ0v) is 13.7. The second kappa shape index (κ2) is 8.23. The molecule has 1 aliphatic rings. The molecule has 1 fully saturated rings. The summed E-state index contributed by atoms with van der Waals surface area (Å²) in [4.78, 5) is 2.35. The molecular formula is C19H30N2. The van der Waals surface area contributed by atoms with E-state index in [4.69, 9.17) is 0 Å². The molecule has 0 amide bonds. The van der Waals surface area contributed by atoms with Gasteiger partial charge in [-0.05, 0) is 42.5 Å². The Morgan fingerprint density at radius 1 is 1.29 bits per heavy atom. The fourth-order valence-electron chi connectivity index (χ4n) is 3.21. The van der Waals surface area contributed by atoms with Gasteiger partial charge in [-0.3, -0.25) is 0 Å². The van der Waals surface area contributed by atoms with Gasteiger partial charge in [0, 0.05) is 31.9 Å². The van der Waals surface area contributed by atoms with Gasteiger partial charge in [-0.1, -0.05) is 44.9 Å². The average molecular weight is 286 g/mol. The van der Waals surface area contributed by atoms with E-state index in [0.29, 0.717) is 0 Å². The van der Waals surface area contributed by atoms with Gasteiger partial charge in [-0.2, -0.15) is 0 Å². The largest absolute Gasteiger partial charge is 0.373 e. The van der Waals surface area contributed by atoms with Crippen LogP contribution in [0.15, 0.2) is 24.8 Å². The SMILES string of the molecule is C=Cc1ccc(N(C)CCNC2CCCCC2)cc1CC. The van der Waals surface area contributed by atoms with Gasteiger partial charge >= 0.3 is 0 Å². The average Bonchev–Trinajstić information content (AvgIpc) is 2.55. The lowest BCUT2D eigenvalue weighted by atomic mass is 9.95. The summed E-state index contributed by atoms with van der Waals surface area (Å²) in [5.41, 5.74) is 3.95. The van der Waals surface area contributed by atoms with Crippen LogP contribution in [0.2, 0.25) is 0 Å². The third-order valence-corrected chi connectivity index (χ3v) is 4.65. The summed E-state index contributed by atoms with van der Waals surface area (Å²) in [7, 11) is 2.19. The summed E-state index contributed by atoms with van der Waals surface area (Å²) in [5.74, 6) is 0. The minimum Gasteiger partial charge on any atom is -0.373 e. The molecule has 0 radical (unpaired) electrons. The van der Waals surface area contributed by atoms with Crippen molar-refractivity contribution in [3.8, 4) is 0 Å². The zero-order chi connectivity index (χ0) is 15.1. The van der Waals surface area contributed by atoms with Gasteiger partial charge in [0.1, 0.15) is 0 Å². The normalized spacial score (nSPS) is 15.9. The Labute approximate surface area is 130 Å². The Hall–Kier alpha value is -1.28. The highest BCUT2D eigenvalue weighted by Gasteiger charge is 2.12. The molecule has 1 aromatic rings. The number of rotatable bonds is 7. The number of nitrogens with one attached hydrogen (secondary N) is 1. The van der Waals surface area contributed by atoms with Gasteiger partial charge in [-0.25, -0.2) is 0 Å². The number of hydrogen-bond donors (Lipinski definition) is 1. The number of hydrogen-bond acceptors (Lipinski definition) is 2. The van der Waals surface area contributed by atoms with Crippen molar-refractivity contribution < 1.29 is 0 Å². The van der Waals surface area contributed by atoms with Crippen molar-refractivity contribution >= 4 is 11.8 Å². The number of anilines is 1. The number of likely N-dealkylation sites (N-methyl/N-ethyl adjacent to an activating group) is 1. The number of aryl methyl sites for hydroxylation is 1. The van der Waals surface area contributed by atoms with Crippen LogP contribution in [0.1, 0.15) is 50.2 Å². The van der Waals surface area contributed by atoms with E-state index in [-0.39, 0.29) is 0 Å². The molecule has 1 aromatic carbocycles. The molecular weight excluding hydrogens is 256 g/mol. The van der Waals surface area contributed by atoms with Gasteiger partial charge in [0.25, 0.3) is 0 Å². The van der Waals surface area contributed by atoms with Gasteiger partial charge < -0.3 is 10.2 Å². The van der Waals surface area contributed by atoms with E-state index in [2.05, 4.69) is 49.0 Å². The lowest BCUT2D eigenvalue weighted by molar-refractivity contribution is 0.376. The van der Waals surface area contributed by atoms with E-state index in [9.17, 15) is 0 Å². The van der Waals surface area contributed by atoms with Crippen molar-refractivity contribution in [3.63, 3.8) is 0 Å². The highest BCUT2D eigenvalue weighted by atomic mass is 15.1. The third-order valence-electron chi connectivity index (χ3n) is 4.65. The molecule has 0 saturated heterocycles. The van der Waals surface area contributed by atoms with E-state index in [1.807, 2.05) is 6.08 Å². The highest BCUT2D eigenvalue weighted by molar-refractivity contribution is 5.59. The highest BCUT2D eigenvalue weighted by Crippen LogP contribution is 2.20. The fourth-order valence-corrected chi connectivity index (χ4v) is 3.21. The molecule has 1 aliphatic carbocycles. The topological polar surface area (TPSA) is 15.3 Å². The molecule has 1 N–H and O–H groups in total. The number of benzene rings is 1. The summed E-state index contributed by atoms with van der Waals surface area (Å²) in [6.07, 6.45) is 9.95. The standard InChI is InChI=1S/C19H30N2/c1-4-16-11-12-19(15-17(16)5-2)21(3)14-13-20-18-9-7-6-8-10-18/h4,11-12,15,18,20H,1,5-10,13-14H2,2-3H3. The molecule has 0 heterocycles. The Bertz CT molecular complexity index is 447. The third kappa shape index (κ3) is 4.60. The van der Waals surface area contributed by atoms with Crippen molar-refractivity contribution in [1.82, 2.24) is 5.32 Å². The van der Waals surface area contributed by atoms with Gasteiger partial charge in [-0.15, -0.1) is 0 Å². The maximum atomic E-state index is 3.89. The molecule has 2 heteroatoms. The summed E-state index contributed by atoms with van der Waals surface area (Å²) in [5, 5.41) is 3.72. The predicted octanol–water partition coefficient (Wildman–Crippen LogP) is 4.25. The van der Waals surface area contributed by atoms with Crippen molar-refractivity contribution in [2.24, 2.45) is 0 Å². The van der Waals surface area contributed by atoms with Crippen LogP contribution >= 0.6 is 0 Å². The second-order valence-electron chi connectivity index (χ2n) is 6.15. The first-order valence-corrected chi connectivity index (χ1v) is 8.44. The minimum atomic E-state index is 0.751. The van der Waals surface area contributed by atoms with Gasteiger partial charge in [0.05, 0.1) is 0 Å². The molecule has 0 atom stereocenters. The molecule has 0 spiro atoms. The van der Waals surface area contributed by atoms with Crippen LogP contribution in [-0.4, -0.2) is 26.2 Å². The summed E-state index contributed by atoms with van der Waals surface area (Å²) >= 11 is 0. The Kier molecular flexibility index (Phi) is 6.31. The fraction of sp³-hybridized carbons (Fsp3) is 0.579. The first kappa shape index (κ1) is 16.1. The first-order chi connectivity index (χ1) is 10.2. The Morgan fingerprint density at radius 3 is 2.71 bits per heavy atom. The summed E-state index contributed by atoms with van der Waals surface area (Å²) < 4.78 is 0. The molecule has 2 nitrogen and oxygen atoms in total. The second-order valence-corrected chi connectivity index (χ2v) is 6.15.